The van der Waals surface area contributed by atoms with Gasteiger partial charge in [0.05, 0.1) is 17.7 Å². The molecule has 39 heavy (non-hydrogen) atoms. The van der Waals surface area contributed by atoms with E-state index in [0.717, 1.165) is 36.4 Å². The molecule has 0 radical (unpaired) electrons. The normalized spacial score (nSPS) is 13.0. The number of carbonyl (C=O) groups excluding carboxylic acids is 2. The molecule has 4 aromatic rings. The summed E-state index contributed by atoms with van der Waals surface area (Å²) in [6.45, 7) is 0. The van der Waals surface area contributed by atoms with E-state index in [1.165, 1.54) is 60.7 Å². The Bertz CT molecular complexity index is 1430. The Morgan fingerprint density at radius 3 is 1.67 bits per heavy atom. The molecular weight excluding hydrogens is 517 g/mol. The zero-order chi connectivity index (χ0) is 28.2. The third kappa shape index (κ3) is 6.94. The second-order valence-electron chi connectivity index (χ2n) is 8.89. The zero-order valence-electron chi connectivity index (χ0n) is 20.3. The molecule has 0 aliphatic heterocycles. The summed E-state index contributed by atoms with van der Waals surface area (Å²) in [5.74, 6) is -1.97. The molecule has 1 amide bonds. The molecule has 0 saturated heterocycles. The average molecular weight is 540 g/mol. The van der Waals surface area contributed by atoms with Gasteiger partial charge < -0.3 is 10.4 Å². The van der Waals surface area contributed by atoms with Crippen LogP contribution in [0.2, 0.25) is 0 Å². The number of benzene rings is 4. The third-order valence-corrected chi connectivity index (χ3v) is 6.16. The predicted molar refractivity (Wildman–Crippen MR) is 134 cm³/mol. The minimum absolute atomic E-state index is 0.0242. The fraction of sp³-hybridized carbons (Fsp3) is 0.133. The lowest BCUT2D eigenvalue weighted by Crippen LogP contribution is -2.41. The maximum Gasteiger partial charge on any atom is 0.416 e. The molecule has 4 nitrogen and oxygen atoms in total. The van der Waals surface area contributed by atoms with Gasteiger partial charge in [0.2, 0.25) is 0 Å². The number of amides is 1. The maximum atomic E-state index is 13.4. The number of hydrogen-bond acceptors (Lipinski definition) is 3. The van der Waals surface area contributed by atoms with Crippen LogP contribution in [0.15, 0.2) is 97.1 Å². The first-order chi connectivity index (χ1) is 18.5. The van der Waals surface area contributed by atoms with Crippen molar-refractivity contribution >= 4 is 11.7 Å². The van der Waals surface area contributed by atoms with Gasteiger partial charge in [-0.2, -0.15) is 13.2 Å². The van der Waals surface area contributed by atoms with Crippen LogP contribution in [0.4, 0.5) is 22.0 Å². The van der Waals surface area contributed by atoms with E-state index in [-0.39, 0.29) is 28.9 Å². The number of ketones is 1. The molecule has 0 spiro atoms. The summed E-state index contributed by atoms with van der Waals surface area (Å²) >= 11 is 0. The Balaban J connectivity index is 1.54. The molecule has 0 aliphatic carbocycles. The van der Waals surface area contributed by atoms with Crippen molar-refractivity contribution in [3.63, 3.8) is 0 Å². The molecule has 0 heterocycles. The number of carbonyl (C=O) groups is 2. The van der Waals surface area contributed by atoms with E-state index in [2.05, 4.69) is 5.32 Å². The minimum atomic E-state index is -4.51. The molecule has 0 aromatic heterocycles. The number of nitrogens with one attached hydrogen (secondary N) is 1. The van der Waals surface area contributed by atoms with Crippen molar-refractivity contribution in [2.45, 2.75) is 24.7 Å². The Morgan fingerprint density at radius 2 is 1.15 bits per heavy atom. The van der Waals surface area contributed by atoms with E-state index in [1.54, 1.807) is 0 Å². The number of rotatable bonds is 8. The molecule has 0 saturated carbocycles. The number of aliphatic hydroxyl groups is 1. The topological polar surface area (TPSA) is 66.4 Å². The molecule has 0 aliphatic rings. The lowest BCUT2D eigenvalue weighted by Gasteiger charge is -2.25. The highest BCUT2D eigenvalue weighted by atomic mass is 19.4. The highest BCUT2D eigenvalue weighted by molar-refractivity contribution is 6.09. The molecule has 2 atom stereocenters. The fourth-order valence-electron chi connectivity index (χ4n) is 4.01. The van der Waals surface area contributed by atoms with Crippen molar-refractivity contribution in [1.29, 1.82) is 0 Å². The Labute approximate surface area is 220 Å². The van der Waals surface area contributed by atoms with Gasteiger partial charge in [0.25, 0.3) is 5.91 Å². The number of hydrogen-bond donors (Lipinski definition) is 2. The molecular formula is C30H22F5NO3. The van der Waals surface area contributed by atoms with Gasteiger partial charge in [0.1, 0.15) is 11.6 Å². The Kier molecular flexibility index (Phi) is 8.21. The summed E-state index contributed by atoms with van der Waals surface area (Å²) in [4.78, 5) is 25.7. The lowest BCUT2D eigenvalue weighted by atomic mass is 9.95. The summed E-state index contributed by atoms with van der Waals surface area (Å²) < 4.78 is 65.4. The van der Waals surface area contributed by atoms with Crippen LogP contribution in [0.1, 0.15) is 49.1 Å². The van der Waals surface area contributed by atoms with Gasteiger partial charge in [-0.25, -0.2) is 8.78 Å². The van der Waals surface area contributed by atoms with Gasteiger partial charge in [-0.05, 0) is 78.2 Å². The summed E-state index contributed by atoms with van der Waals surface area (Å²) in [6.07, 6.45) is -5.84. The van der Waals surface area contributed by atoms with E-state index in [0.29, 0.717) is 11.1 Å². The lowest BCUT2D eigenvalue weighted by molar-refractivity contribution is -0.137. The molecule has 200 valence electrons. The molecule has 0 fully saturated rings. The van der Waals surface area contributed by atoms with Crippen LogP contribution in [0.5, 0.6) is 0 Å². The van der Waals surface area contributed by atoms with Crippen molar-refractivity contribution in [2.24, 2.45) is 0 Å². The van der Waals surface area contributed by atoms with E-state index in [9.17, 15) is 36.6 Å². The highest BCUT2D eigenvalue weighted by Gasteiger charge is 2.30. The highest BCUT2D eigenvalue weighted by Crippen LogP contribution is 2.30. The van der Waals surface area contributed by atoms with Crippen LogP contribution in [0, 0.1) is 11.6 Å². The van der Waals surface area contributed by atoms with Gasteiger partial charge in [-0.1, -0.05) is 36.4 Å². The average Bonchev–Trinajstić information content (AvgIpc) is 2.92. The molecule has 4 rings (SSSR count). The van der Waals surface area contributed by atoms with Gasteiger partial charge in [0.15, 0.2) is 5.78 Å². The molecule has 4 aromatic carbocycles. The maximum absolute atomic E-state index is 13.4. The quantitative estimate of drug-likeness (QED) is 0.204. The molecule has 2 N–H and O–H groups in total. The zero-order valence-corrected chi connectivity index (χ0v) is 20.3. The molecule has 9 heteroatoms. The third-order valence-electron chi connectivity index (χ3n) is 6.16. The summed E-state index contributed by atoms with van der Waals surface area (Å²) in [5.41, 5.74) is 0.595. The van der Waals surface area contributed by atoms with E-state index in [1.807, 2.05) is 0 Å². The molecule has 0 bridgehead atoms. The van der Waals surface area contributed by atoms with Crippen LogP contribution in [0.3, 0.4) is 0 Å². The predicted octanol–water partition coefficient (Wildman–Crippen LogP) is 6.29. The van der Waals surface area contributed by atoms with Crippen LogP contribution in [0.25, 0.3) is 0 Å². The first-order valence-electron chi connectivity index (χ1n) is 11.8. The minimum Gasteiger partial charge on any atom is -0.386 e. The number of aliphatic hydroxyl groups excluding tert-OH is 1. The fourth-order valence-corrected chi connectivity index (χ4v) is 4.01. The first-order valence-corrected chi connectivity index (χ1v) is 11.8. The van der Waals surface area contributed by atoms with Crippen molar-refractivity contribution in [3.8, 4) is 0 Å². The van der Waals surface area contributed by atoms with Crippen LogP contribution < -0.4 is 5.32 Å². The Hall–Kier alpha value is -4.37. The van der Waals surface area contributed by atoms with Gasteiger partial charge >= 0.3 is 6.18 Å². The van der Waals surface area contributed by atoms with E-state index < -0.39 is 41.4 Å². The van der Waals surface area contributed by atoms with Crippen molar-refractivity contribution in [3.05, 3.63) is 142 Å². The summed E-state index contributed by atoms with van der Waals surface area (Å²) in [7, 11) is 0. The summed E-state index contributed by atoms with van der Waals surface area (Å²) in [6, 6.07) is 19.1. The number of halogens is 5. The molecule has 2 unspecified atom stereocenters. The van der Waals surface area contributed by atoms with Gasteiger partial charge in [-0.15, -0.1) is 0 Å². The van der Waals surface area contributed by atoms with Crippen LogP contribution in [-0.2, 0) is 12.6 Å². The van der Waals surface area contributed by atoms with Crippen LogP contribution >= 0.6 is 0 Å². The van der Waals surface area contributed by atoms with E-state index in [4.69, 9.17) is 0 Å². The van der Waals surface area contributed by atoms with Gasteiger partial charge in [0, 0.05) is 16.7 Å². The van der Waals surface area contributed by atoms with Gasteiger partial charge in [-0.3, -0.25) is 9.59 Å². The standard InChI is InChI=1S/C30H22F5NO3/c31-24-13-7-20(8-14-24)27(37)19-3-5-22(6-4-19)29(39)36-26(28(38)21-9-15-25(32)16-10-21)17-18-1-11-23(12-2-18)30(33,34)35/h1-16,26,28,38H,17H2,(H,36,39). The smallest absolute Gasteiger partial charge is 0.386 e. The van der Waals surface area contributed by atoms with Crippen LogP contribution in [-0.4, -0.2) is 22.8 Å². The largest absolute Gasteiger partial charge is 0.416 e. The first kappa shape index (κ1) is 27.7. The van der Waals surface area contributed by atoms with Crippen molar-refractivity contribution in [1.82, 2.24) is 5.32 Å². The second-order valence-corrected chi connectivity index (χ2v) is 8.89. The van der Waals surface area contributed by atoms with E-state index >= 15 is 0 Å². The van der Waals surface area contributed by atoms with Crippen molar-refractivity contribution < 1.29 is 36.6 Å². The van der Waals surface area contributed by atoms with Crippen molar-refractivity contribution in [2.75, 3.05) is 0 Å². The monoisotopic (exact) mass is 539 g/mol. The number of alkyl halides is 3. The Morgan fingerprint density at radius 1 is 0.692 bits per heavy atom. The summed E-state index contributed by atoms with van der Waals surface area (Å²) in [5, 5.41) is 13.7. The second kappa shape index (κ2) is 11.6. The SMILES string of the molecule is O=C(NC(Cc1ccc(C(F)(F)F)cc1)C(O)c1ccc(F)cc1)c1ccc(C(=O)c2ccc(F)cc2)cc1.